The van der Waals surface area contributed by atoms with E-state index in [0.29, 0.717) is 11.4 Å². The summed E-state index contributed by atoms with van der Waals surface area (Å²) < 4.78 is 10.2. The van der Waals surface area contributed by atoms with Gasteiger partial charge in [-0.25, -0.2) is 4.79 Å². The summed E-state index contributed by atoms with van der Waals surface area (Å²) in [6, 6.07) is 7.18. The molecule has 0 saturated heterocycles. The Morgan fingerprint density at radius 1 is 1.24 bits per heavy atom. The topological polar surface area (TPSA) is 93.3 Å². The number of nitrogens with zero attached hydrogens (tertiary/aromatic N) is 1. The first-order valence-electron chi connectivity index (χ1n) is 8.02. The van der Waals surface area contributed by atoms with E-state index in [1.807, 2.05) is 20.8 Å². The molecule has 0 aliphatic heterocycles. The summed E-state index contributed by atoms with van der Waals surface area (Å²) in [6.07, 6.45) is 2.16. The summed E-state index contributed by atoms with van der Waals surface area (Å²) >= 11 is 0. The quantitative estimate of drug-likeness (QED) is 0.752. The molecule has 0 aliphatic rings. The normalized spacial score (nSPS) is 11.0. The van der Waals surface area contributed by atoms with Crippen molar-refractivity contribution in [3.63, 3.8) is 0 Å². The van der Waals surface area contributed by atoms with Gasteiger partial charge < -0.3 is 14.8 Å². The van der Waals surface area contributed by atoms with Crippen LogP contribution in [-0.4, -0.2) is 41.3 Å². The van der Waals surface area contributed by atoms with Gasteiger partial charge in [-0.15, -0.1) is 0 Å². The zero-order chi connectivity index (χ0) is 18.4. The van der Waals surface area contributed by atoms with Crippen LogP contribution in [0.3, 0.4) is 0 Å². The molecule has 1 amide bonds. The first kappa shape index (κ1) is 18.5. The van der Waals surface area contributed by atoms with E-state index in [-0.39, 0.29) is 23.6 Å². The van der Waals surface area contributed by atoms with Crippen molar-refractivity contribution in [1.29, 1.82) is 0 Å². The number of methoxy groups -OCH3 is 1. The van der Waals surface area contributed by atoms with Crippen LogP contribution in [0.5, 0.6) is 5.75 Å². The molecule has 7 nitrogen and oxygen atoms in total. The maximum atomic E-state index is 12.3. The van der Waals surface area contributed by atoms with Crippen molar-refractivity contribution in [3.05, 3.63) is 36.0 Å². The summed E-state index contributed by atoms with van der Waals surface area (Å²) in [5, 5.41) is 9.50. The fourth-order valence-corrected chi connectivity index (χ4v) is 2.13. The number of H-pyrrole nitrogens is 1. The van der Waals surface area contributed by atoms with Crippen LogP contribution >= 0.6 is 0 Å². The van der Waals surface area contributed by atoms with Crippen LogP contribution in [0.15, 0.2) is 30.5 Å². The third-order valence-electron chi connectivity index (χ3n) is 3.93. The van der Waals surface area contributed by atoms with Gasteiger partial charge in [0.1, 0.15) is 11.3 Å². The molecule has 0 aliphatic carbocycles. The summed E-state index contributed by atoms with van der Waals surface area (Å²) in [4.78, 5) is 24.2. The molecule has 0 spiro atoms. The molecule has 1 aromatic carbocycles. The van der Waals surface area contributed by atoms with Gasteiger partial charge in [0.2, 0.25) is 0 Å². The molecule has 0 fully saturated rings. The predicted molar refractivity (Wildman–Crippen MR) is 93.4 cm³/mol. The summed E-state index contributed by atoms with van der Waals surface area (Å²) in [5.74, 6) is -0.235. The lowest BCUT2D eigenvalue weighted by Gasteiger charge is -2.24. The fraction of sp³-hybridized carbons (Fsp3) is 0.389. The van der Waals surface area contributed by atoms with Crippen molar-refractivity contribution in [1.82, 2.24) is 15.5 Å². The van der Waals surface area contributed by atoms with Gasteiger partial charge in [0, 0.05) is 11.1 Å². The molecule has 2 rings (SSSR count). The van der Waals surface area contributed by atoms with Gasteiger partial charge in [0.15, 0.2) is 6.61 Å². The third kappa shape index (κ3) is 4.82. The van der Waals surface area contributed by atoms with Crippen molar-refractivity contribution >= 4 is 11.9 Å². The lowest BCUT2D eigenvalue weighted by Crippen LogP contribution is -2.44. The number of carbonyl (C=O) groups is 2. The van der Waals surface area contributed by atoms with Gasteiger partial charge in [0.25, 0.3) is 5.91 Å². The number of hydrogen-bond donors (Lipinski definition) is 2. The largest absolute Gasteiger partial charge is 0.497 e. The van der Waals surface area contributed by atoms with Crippen LogP contribution in [0.2, 0.25) is 0 Å². The highest BCUT2D eigenvalue weighted by Crippen LogP contribution is 2.24. The van der Waals surface area contributed by atoms with E-state index in [1.165, 1.54) is 6.20 Å². The fourth-order valence-electron chi connectivity index (χ4n) is 2.13. The number of aromatic nitrogens is 2. The second kappa shape index (κ2) is 7.83. The number of esters is 1. The van der Waals surface area contributed by atoms with Gasteiger partial charge in [-0.3, -0.25) is 9.89 Å². The average molecular weight is 345 g/mol. The Labute approximate surface area is 146 Å². The SMILES string of the molecule is CCC(C)(C)NC(=O)COC(=O)c1cn[nH]c1-c1ccc(OC)cc1. The summed E-state index contributed by atoms with van der Waals surface area (Å²) in [5.41, 5.74) is 1.23. The lowest BCUT2D eigenvalue weighted by atomic mass is 10.0. The highest BCUT2D eigenvalue weighted by atomic mass is 16.5. The van der Waals surface area contributed by atoms with Crippen LogP contribution < -0.4 is 10.1 Å². The zero-order valence-electron chi connectivity index (χ0n) is 14.9. The van der Waals surface area contributed by atoms with Gasteiger partial charge in [-0.1, -0.05) is 6.92 Å². The number of nitrogens with one attached hydrogen (secondary N) is 2. The van der Waals surface area contributed by atoms with Crippen LogP contribution in [-0.2, 0) is 9.53 Å². The highest BCUT2D eigenvalue weighted by Gasteiger charge is 2.21. The van der Waals surface area contributed by atoms with E-state index in [0.717, 1.165) is 12.0 Å². The Hall–Kier alpha value is -2.83. The maximum absolute atomic E-state index is 12.3. The smallest absolute Gasteiger partial charge is 0.342 e. The second-order valence-corrected chi connectivity index (χ2v) is 6.25. The second-order valence-electron chi connectivity index (χ2n) is 6.25. The Bertz CT molecular complexity index is 735. The third-order valence-corrected chi connectivity index (χ3v) is 3.93. The minimum Gasteiger partial charge on any atom is -0.497 e. The summed E-state index contributed by atoms with van der Waals surface area (Å²) in [7, 11) is 1.58. The van der Waals surface area contributed by atoms with E-state index in [1.54, 1.807) is 31.4 Å². The van der Waals surface area contributed by atoms with E-state index in [4.69, 9.17) is 9.47 Å². The lowest BCUT2D eigenvalue weighted by molar-refractivity contribution is -0.125. The molecule has 1 heterocycles. The van der Waals surface area contributed by atoms with Crippen LogP contribution in [0.1, 0.15) is 37.6 Å². The Morgan fingerprint density at radius 2 is 1.92 bits per heavy atom. The molecule has 0 unspecified atom stereocenters. The van der Waals surface area contributed by atoms with E-state index in [2.05, 4.69) is 15.5 Å². The molecule has 134 valence electrons. The summed E-state index contributed by atoms with van der Waals surface area (Å²) in [6.45, 7) is 5.45. The molecule has 0 saturated carbocycles. The van der Waals surface area contributed by atoms with E-state index in [9.17, 15) is 9.59 Å². The van der Waals surface area contributed by atoms with Crippen molar-refractivity contribution in [2.45, 2.75) is 32.7 Å². The number of carbonyl (C=O) groups excluding carboxylic acids is 2. The van der Waals surface area contributed by atoms with Crippen LogP contribution in [0.25, 0.3) is 11.3 Å². The molecule has 0 atom stereocenters. The Kier molecular flexibility index (Phi) is 5.80. The Balaban J connectivity index is 2.03. The number of rotatable bonds is 7. The standard InChI is InChI=1S/C18H23N3O4/c1-5-18(2,3)20-15(22)11-25-17(23)14-10-19-21-16(14)12-6-8-13(24-4)9-7-12/h6-10H,5,11H2,1-4H3,(H,19,21)(H,20,22). The maximum Gasteiger partial charge on any atom is 0.342 e. The van der Waals surface area contributed by atoms with E-state index >= 15 is 0 Å². The zero-order valence-corrected chi connectivity index (χ0v) is 14.9. The number of hydrogen-bond acceptors (Lipinski definition) is 5. The van der Waals surface area contributed by atoms with Crippen LogP contribution in [0.4, 0.5) is 0 Å². The monoisotopic (exact) mass is 345 g/mol. The molecule has 0 radical (unpaired) electrons. The van der Waals surface area contributed by atoms with Crippen molar-refractivity contribution in [2.75, 3.05) is 13.7 Å². The van der Waals surface area contributed by atoms with Crippen LogP contribution in [0, 0.1) is 0 Å². The number of aromatic amines is 1. The highest BCUT2D eigenvalue weighted by molar-refractivity contribution is 5.97. The van der Waals surface area contributed by atoms with Crippen molar-refractivity contribution in [3.8, 4) is 17.0 Å². The molecule has 2 N–H and O–H groups in total. The van der Waals surface area contributed by atoms with Gasteiger partial charge >= 0.3 is 5.97 Å². The molecule has 25 heavy (non-hydrogen) atoms. The average Bonchev–Trinajstić information content (AvgIpc) is 3.09. The number of amides is 1. The first-order chi connectivity index (χ1) is 11.9. The minimum absolute atomic E-state index is 0.271. The van der Waals surface area contributed by atoms with Gasteiger partial charge in [0.05, 0.1) is 19.0 Å². The molecular formula is C18H23N3O4. The molecule has 1 aromatic heterocycles. The first-order valence-corrected chi connectivity index (χ1v) is 8.02. The predicted octanol–water partition coefficient (Wildman–Crippen LogP) is 2.55. The molecule has 2 aromatic rings. The number of benzene rings is 1. The van der Waals surface area contributed by atoms with E-state index < -0.39 is 5.97 Å². The molecule has 7 heteroatoms. The molecular weight excluding hydrogens is 322 g/mol. The van der Waals surface area contributed by atoms with Crippen molar-refractivity contribution < 1.29 is 19.1 Å². The molecule has 0 bridgehead atoms. The minimum atomic E-state index is -0.607. The van der Waals surface area contributed by atoms with Gasteiger partial charge in [-0.05, 0) is 44.5 Å². The number of ether oxygens (including phenoxy) is 2. The Morgan fingerprint density at radius 3 is 2.52 bits per heavy atom. The van der Waals surface area contributed by atoms with Gasteiger partial charge in [-0.2, -0.15) is 5.10 Å². The van der Waals surface area contributed by atoms with Crippen molar-refractivity contribution in [2.24, 2.45) is 0 Å².